The summed E-state index contributed by atoms with van der Waals surface area (Å²) in [6.45, 7) is 2.18. The third kappa shape index (κ3) is 3.22. The molecule has 0 amide bonds. The van der Waals surface area contributed by atoms with Crippen molar-refractivity contribution >= 4 is 45.6 Å². The Bertz CT molecular complexity index is 613. The highest BCUT2D eigenvalue weighted by Crippen LogP contribution is 2.27. The van der Waals surface area contributed by atoms with Gasteiger partial charge in [0.1, 0.15) is 4.99 Å². The summed E-state index contributed by atoms with van der Waals surface area (Å²) in [7, 11) is 0. The topological polar surface area (TPSA) is 50.9 Å². The summed E-state index contributed by atoms with van der Waals surface area (Å²) in [6.07, 6.45) is 4.93. The molecule has 0 aliphatic carbocycles. The number of nitrogens with zero attached hydrogens (tertiary/aromatic N) is 1. The number of nitrogens with one attached hydrogen (secondary N) is 1. The molecule has 0 aliphatic rings. The molecule has 1 heterocycles. The maximum Gasteiger partial charge on any atom is 0.107 e. The van der Waals surface area contributed by atoms with Crippen LogP contribution in [-0.4, -0.2) is 28.0 Å². The molecule has 2 aromatic rings. The average molecular weight is 305 g/mol. The van der Waals surface area contributed by atoms with Gasteiger partial charge in [-0.15, -0.1) is 0 Å². The molecule has 0 spiro atoms. The zero-order chi connectivity index (χ0) is 14.5. The highest BCUT2D eigenvalue weighted by Gasteiger charge is 2.14. The third-order valence-electron chi connectivity index (χ3n) is 3.25. The summed E-state index contributed by atoms with van der Waals surface area (Å²) in [6, 6.07) is 8.44. The number of hydrogen-bond donors (Lipinski definition) is 2. The molecule has 0 fully saturated rings. The smallest absolute Gasteiger partial charge is 0.107 e. The molecule has 3 nitrogen and oxygen atoms in total. The van der Waals surface area contributed by atoms with E-state index in [0.29, 0.717) is 11.0 Å². The first-order chi connectivity index (χ1) is 9.67. The van der Waals surface area contributed by atoms with E-state index in [-0.39, 0.29) is 0 Å². The fraction of sp³-hybridized carbons (Fsp3) is 0.333. The van der Waals surface area contributed by atoms with Crippen LogP contribution >= 0.6 is 24.0 Å². The van der Waals surface area contributed by atoms with E-state index in [2.05, 4.69) is 29.5 Å². The standard InChI is InChI=1S/C15H19N3S2/c1-3-10(9-20-2)18-14-11-6-4-5-7-13(11)17-8-12(14)15(16)19/h4-8,10H,3,9H2,1-2H3,(H2,16,19)(H,17,18). The van der Waals surface area contributed by atoms with Gasteiger partial charge in [-0.05, 0) is 18.7 Å². The summed E-state index contributed by atoms with van der Waals surface area (Å²) < 4.78 is 0. The molecule has 1 aromatic carbocycles. The highest BCUT2D eigenvalue weighted by molar-refractivity contribution is 7.98. The van der Waals surface area contributed by atoms with E-state index < -0.39 is 0 Å². The number of rotatable bonds is 6. The van der Waals surface area contributed by atoms with E-state index >= 15 is 0 Å². The van der Waals surface area contributed by atoms with Crippen molar-refractivity contribution < 1.29 is 0 Å². The van der Waals surface area contributed by atoms with Gasteiger partial charge in [0.25, 0.3) is 0 Å². The monoisotopic (exact) mass is 305 g/mol. The quantitative estimate of drug-likeness (QED) is 0.801. The first kappa shape index (κ1) is 15.1. The Hall–Kier alpha value is -1.33. The minimum Gasteiger partial charge on any atom is -0.389 e. The third-order valence-corrected chi connectivity index (χ3v) is 4.21. The van der Waals surface area contributed by atoms with Crippen molar-refractivity contribution in [2.45, 2.75) is 19.4 Å². The highest BCUT2D eigenvalue weighted by atomic mass is 32.2. The van der Waals surface area contributed by atoms with Crippen molar-refractivity contribution in [1.29, 1.82) is 0 Å². The number of aromatic nitrogens is 1. The number of nitrogens with two attached hydrogens (primary N) is 1. The molecule has 2 rings (SSSR count). The number of thiocarbonyl (C=S) groups is 1. The van der Waals surface area contributed by atoms with E-state index in [1.165, 1.54) is 0 Å². The van der Waals surface area contributed by atoms with Gasteiger partial charge in [-0.25, -0.2) is 0 Å². The molecular formula is C15H19N3S2. The predicted molar refractivity (Wildman–Crippen MR) is 93.7 cm³/mol. The van der Waals surface area contributed by atoms with Gasteiger partial charge >= 0.3 is 0 Å². The van der Waals surface area contributed by atoms with Crippen LogP contribution in [0, 0.1) is 0 Å². The Morgan fingerprint density at radius 3 is 2.85 bits per heavy atom. The molecule has 0 radical (unpaired) electrons. The Kier molecular flexibility index (Phi) is 5.20. The van der Waals surface area contributed by atoms with Gasteiger partial charge in [0.2, 0.25) is 0 Å². The minimum absolute atomic E-state index is 0.379. The SMILES string of the molecule is CCC(CSC)Nc1c(C(N)=S)cnc2ccccc12. The number of fused-ring (bicyclic) bond motifs is 1. The molecule has 0 saturated heterocycles. The maximum atomic E-state index is 5.84. The number of pyridine rings is 1. The minimum atomic E-state index is 0.379. The first-order valence-corrected chi connectivity index (χ1v) is 8.40. The van der Waals surface area contributed by atoms with Gasteiger partial charge in [-0.2, -0.15) is 11.8 Å². The van der Waals surface area contributed by atoms with Crippen LogP contribution in [-0.2, 0) is 0 Å². The second kappa shape index (κ2) is 6.90. The van der Waals surface area contributed by atoms with E-state index in [1.54, 1.807) is 6.20 Å². The van der Waals surface area contributed by atoms with Crippen molar-refractivity contribution in [3.63, 3.8) is 0 Å². The summed E-state index contributed by atoms with van der Waals surface area (Å²) in [5, 5.41) is 4.66. The van der Waals surface area contributed by atoms with Crippen LogP contribution in [0.15, 0.2) is 30.5 Å². The lowest BCUT2D eigenvalue weighted by molar-refractivity contribution is 0.776. The summed E-state index contributed by atoms with van der Waals surface area (Å²) in [5.41, 5.74) is 8.62. The Morgan fingerprint density at radius 2 is 2.20 bits per heavy atom. The zero-order valence-electron chi connectivity index (χ0n) is 11.7. The number of para-hydroxylation sites is 1. The van der Waals surface area contributed by atoms with Crippen LogP contribution in [0.3, 0.4) is 0 Å². The van der Waals surface area contributed by atoms with Crippen molar-refractivity contribution in [3.8, 4) is 0 Å². The lowest BCUT2D eigenvalue weighted by Crippen LogP contribution is -2.24. The molecule has 20 heavy (non-hydrogen) atoms. The summed E-state index contributed by atoms with van der Waals surface area (Å²) >= 11 is 6.99. The molecule has 106 valence electrons. The van der Waals surface area contributed by atoms with Crippen LogP contribution in [0.4, 0.5) is 5.69 Å². The first-order valence-electron chi connectivity index (χ1n) is 6.60. The number of benzene rings is 1. The van der Waals surface area contributed by atoms with E-state index in [4.69, 9.17) is 18.0 Å². The van der Waals surface area contributed by atoms with Crippen molar-refractivity contribution in [2.24, 2.45) is 5.73 Å². The van der Waals surface area contributed by atoms with E-state index in [1.807, 2.05) is 30.0 Å². The Morgan fingerprint density at radius 1 is 1.45 bits per heavy atom. The fourth-order valence-corrected chi connectivity index (χ4v) is 3.03. The van der Waals surface area contributed by atoms with Gasteiger partial charge in [-0.1, -0.05) is 37.3 Å². The molecule has 0 aliphatic heterocycles. The molecule has 5 heteroatoms. The zero-order valence-corrected chi connectivity index (χ0v) is 13.4. The lowest BCUT2D eigenvalue weighted by atomic mass is 10.1. The lowest BCUT2D eigenvalue weighted by Gasteiger charge is -2.21. The maximum absolute atomic E-state index is 5.84. The van der Waals surface area contributed by atoms with E-state index in [0.717, 1.165) is 34.3 Å². The molecule has 1 aromatic heterocycles. The van der Waals surface area contributed by atoms with Crippen LogP contribution in [0.2, 0.25) is 0 Å². The average Bonchev–Trinajstić information content (AvgIpc) is 2.46. The van der Waals surface area contributed by atoms with Gasteiger partial charge < -0.3 is 11.1 Å². The normalized spacial score (nSPS) is 12.3. The molecule has 3 N–H and O–H groups in total. The van der Waals surface area contributed by atoms with Crippen molar-refractivity contribution in [1.82, 2.24) is 4.98 Å². The van der Waals surface area contributed by atoms with Crippen LogP contribution in [0.25, 0.3) is 10.9 Å². The second-order valence-electron chi connectivity index (χ2n) is 4.63. The molecular weight excluding hydrogens is 286 g/mol. The van der Waals surface area contributed by atoms with E-state index in [9.17, 15) is 0 Å². The molecule has 1 atom stereocenters. The van der Waals surface area contributed by atoms with Crippen LogP contribution < -0.4 is 11.1 Å². The largest absolute Gasteiger partial charge is 0.389 e. The Labute approximate surface area is 129 Å². The fourth-order valence-electron chi connectivity index (χ4n) is 2.15. The molecule has 0 bridgehead atoms. The Balaban J connectivity index is 2.51. The van der Waals surface area contributed by atoms with Crippen LogP contribution in [0.5, 0.6) is 0 Å². The number of anilines is 1. The second-order valence-corrected chi connectivity index (χ2v) is 5.98. The summed E-state index contributed by atoms with van der Waals surface area (Å²) in [5.74, 6) is 1.05. The number of thioether (sulfide) groups is 1. The van der Waals surface area contributed by atoms with Gasteiger partial charge in [0, 0.05) is 23.4 Å². The molecule has 0 saturated carbocycles. The predicted octanol–water partition coefficient (Wildman–Crippen LogP) is 3.42. The van der Waals surface area contributed by atoms with Gasteiger partial charge in [0.15, 0.2) is 0 Å². The summed E-state index contributed by atoms with van der Waals surface area (Å²) in [4.78, 5) is 4.81. The van der Waals surface area contributed by atoms with Gasteiger partial charge in [-0.3, -0.25) is 4.98 Å². The van der Waals surface area contributed by atoms with Gasteiger partial charge in [0.05, 0.1) is 16.8 Å². The van der Waals surface area contributed by atoms with Crippen LogP contribution in [0.1, 0.15) is 18.9 Å². The van der Waals surface area contributed by atoms with Crippen molar-refractivity contribution in [3.05, 3.63) is 36.0 Å². The molecule has 1 unspecified atom stereocenters. The number of hydrogen-bond acceptors (Lipinski definition) is 4. The van der Waals surface area contributed by atoms with Crippen molar-refractivity contribution in [2.75, 3.05) is 17.3 Å².